The lowest BCUT2D eigenvalue weighted by atomic mass is 10.0. The van der Waals surface area contributed by atoms with Gasteiger partial charge in [-0.2, -0.15) is 0 Å². The molecule has 0 saturated heterocycles. The van der Waals surface area contributed by atoms with E-state index in [1.54, 1.807) is 5.38 Å². The van der Waals surface area contributed by atoms with Gasteiger partial charge in [-0.25, -0.2) is 4.98 Å². The molecule has 0 atom stereocenters. The summed E-state index contributed by atoms with van der Waals surface area (Å²) < 4.78 is 0. The van der Waals surface area contributed by atoms with Crippen molar-refractivity contribution in [3.63, 3.8) is 0 Å². The van der Waals surface area contributed by atoms with Crippen LogP contribution in [0.4, 0.5) is 10.8 Å². The molecule has 8 heteroatoms. The molecule has 0 aliphatic carbocycles. The smallest absolute Gasteiger partial charge is 0.280 e. The van der Waals surface area contributed by atoms with Crippen LogP contribution in [-0.2, 0) is 11.2 Å². The maximum absolute atomic E-state index is 12.4. The third-order valence-electron chi connectivity index (χ3n) is 4.03. The third-order valence-corrected chi connectivity index (χ3v) is 5.73. The fourth-order valence-electron chi connectivity index (χ4n) is 2.78. The van der Waals surface area contributed by atoms with E-state index in [0.29, 0.717) is 15.7 Å². The highest BCUT2D eigenvalue weighted by atomic mass is 32.1. The molecule has 2 heterocycles. The first-order chi connectivity index (χ1) is 13.1. The summed E-state index contributed by atoms with van der Waals surface area (Å²) in [7, 11) is 0. The summed E-state index contributed by atoms with van der Waals surface area (Å²) in [6.45, 7) is 0. The Hall–Kier alpha value is -3.10. The van der Waals surface area contributed by atoms with Gasteiger partial charge >= 0.3 is 0 Å². The van der Waals surface area contributed by atoms with Gasteiger partial charge in [0.25, 0.3) is 5.69 Å². The van der Waals surface area contributed by atoms with Gasteiger partial charge in [0.05, 0.1) is 27.3 Å². The topological polar surface area (TPSA) is 85.1 Å². The van der Waals surface area contributed by atoms with Crippen molar-refractivity contribution in [2.24, 2.45) is 0 Å². The summed E-state index contributed by atoms with van der Waals surface area (Å²) in [4.78, 5) is 27.9. The van der Waals surface area contributed by atoms with Crippen LogP contribution in [0.3, 0.4) is 0 Å². The summed E-state index contributed by atoms with van der Waals surface area (Å²) in [5.41, 5.74) is 1.62. The Morgan fingerprint density at radius 3 is 2.74 bits per heavy atom. The molecular formula is C19H13N3O3S2. The molecule has 134 valence electrons. The first kappa shape index (κ1) is 17.3. The minimum Gasteiger partial charge on any atom is -0.302 e. The molecule has 0 aliphatic heterocycles. The Morgan fingerprint density at radius 1 is 1.11 bits per heavy atom. The molecule has 0 spiro atoms. The van der Waals surface area contributed by atoms with Crippen molar-refractivity contribution < 1.29 is 9.72 Å². The van der Waals surface area contributed by atoms with E-state index in [1.165, 1.54) is 34.1 Å². The van der Waals surface area contributed by atoms with Gasteiger partial charge in [-0.1, -0.05) is 42.5 Å². The van der Waals surface area contributed by atoms with E-state index < -0.39 is 4.92 Å². The molecule has 0 radical (unpaired) electrons. The van der Waals surface area contributed by atoms with E-state index in [0.717, 1.165) is 16.3 Å². The Bertz CT molecular complexity index is 1140. The van der Waals surface area contributed by atoms with Gasteiger partial charge in [0, 0.05) is 11.4 Å². The van der Waals surface area contributed by atoms with E-state index in [2.05, 4.69) is 10.3 Å². The Balaban J connectivity index is 1.48. The maximum atomic E-state index is 12.4. The summed E-state index contributed by atoms with van der Waals surface area (Å²) in [6.07, 6.45) is 0.251. The first-order valence-electron chi connectivity index (χ1n) is 8.05. The number of fused-ring (bicyclic) bond motifs is 1. The van der Waals surface area contributed by atoms with Crippen LogP contribution < -0.4 is 5.32 Å². The monoisotopic (exact) mass is 395 g/mol. The number of anilines is 1. The van der Waals surface area contributed by atoms with E-state index >= 15 is 0 Å². The minimum atomic E-state index is -0.431. The van der Waals surface area contributed by atoms with Gasteiger partial charge in [-0.3, -0.25) is 14.9 Å². The van der Waals surface area contributed by atoms with Crippen LogP contribution in [0.25, 0.3) is 21.3 Å². The second-order valence-electron chi connectivity index (χ2n) is 5.83. The molecule has 2 aromatic carbocycles. The number of nitrogens with one attached hydrogen (secondary N) is 1. The quantitative estimate of drug-likeness (QED) is 0.376. The van der Waals surface area contributed by atoms with Gasteiger partial charge in [0.15, 0.2) is 5.13 Å². The molecule has 0 bridgehead atoms. The van der Waals surface area contributed by atoms with Crippen molar-refractivity contribution in [2.45, 2.75) is 6.42 Å². The zero-order chi connectivity index (χ0) is 18.8. The van der Waals surface area contributed by atoms with Crippen LogP contribution in [-0.4, -0.2) is 15.8 Å². The normalized spacial score (nSPS) is 10.8. The predicted molar refractivity (Wildman–Crippen MR) is 108 cm³/mol. The highest BCUT2D eigenvalue weighted by molar-refractivity contribution is 7.16. The number of thiophene rings is 1. The van der Waals surface area contributed by atoms with Crippen LogP contribution in [0, 0.1) is 10.1 Å². The number of nitrogens with zero attached hydrogens (tertiary/aromatic N) is 2. The number of hydrogen-bond acceptors (Lipinski definition) is 6. The molecule has 4 rings (SSSR count). The summed E-state index contributed by atoms with van der Waals surface area (Å²) >= 11 is 2.56. The van der Waals surface area contributed by atoms with Crippen molar-refractivity contribution >= 4 is 50.2 Å². The van der Waals surface area contributed by atoms with E-state index in [-0.39, 0.29) is 18.0 Å². The Labute approximate surface area is 162 Å². The van der Waals surface area contributed by atoms with Crippen LogP contribution >= 0.6 is 22.7 Å². The van der Waals surface area contributed by atoms with Crippen LogP contribution in [0.5, 0.6) is 0 Å². The molecule has 0 aliphatic rings. The number of carbonyl (C=O) groups is 1. The molecule has 0 unspecified atom stereocenters. The largest absolute Gasteiger partial charge is 0.302 e. The lowest BCUT2D eigenvalue weighted by molar-refractivity contribution is -0.384. The van der Waals surface area contributed by atoms with E-state index in [9.17, 15) is 14.9 Å². The highest BCUT2D eigenvalue weighted by Gasteiger charge is 2.14. The standard InChI is InChI=1S/C19H13N3O3S2/c23-18(8-13-6-3-5-12-4-1-2-7-15(12)13)21-19-20-16(11-27-19)17-9-14(10-26-17)22(24)25/h1-7,9-11H,8H2,(H,20,21,23). The Kier molecular flexibility index (Phi) is 4.66. The second kappa shape index (κ2) is 7.26. The summed E-state index contributed by atoms with van der Waals surface area (Å²) in [5.74, 6) is -0.149. The number of nitro groups is 1. The average Bonchev–Trinajstić information content (AvgIpc) is 3.31. The fraction of sp³-hybridized carbons (Fsp3) is 0.0526. The van der Waals surface area contributed by atoms with E-state index in [4.69, 9.17) is 0 Å². The number of aromatic nitrogens is 1. The SMILES string of the molecule is O=C(Cc1cccc2ccccc12)Nc1nc(-c2cc([N+](=O)[O-])cs2)cs1. The molecule has 0 saturated carbocycles. The number of rotatable bonds is 5. The van der Waals surface area contributed by atoms with Gasteiger partial charge in [0.2, 0.25) is 5.91 Å². The molecule has 27 heavy (non-hydrogen) atoms. The van der Waals surface area contributed by atoms with Crippen LogP contribution in [0.2, 0.25) is 0 Å². The molecule has 1 N–H and O–H groups in total. The minimum absolute atomic E-state index is 0.0459. The third kappa shape index (κ3) is 3.71. The second-order valence-corrected chi connectivity index (χ2v) is 7.60. The fourth-order valence-corrected chi connectivity index (χ4v) is 4.40. The van der Waals surface area contributed by atoms with Crippen LogP contribution in [0.15, 0.2) is 59.3 Å². The van der Waals surface area contributed by atoms with Crippen molar-refractivity contribution in [1.82, 2.24) is 4.98 Å². The van der Waals surface area contributed by atoms with Crippen molar-refractivity contribution in [1.29, 1.82) is 0 Å². The predicted octanol–water partition coefficient (Wildman–Crippen LogP) is 5.11. The Morgan fingerprint density at radius 2 is 1.93 bits per heavy atom. The molecular weight excluding hydrogens is 382 g/mol. The van der Waals surface area contributed by atoms with Crippen molar-refractivity contribution in [2.75, 3.05) is 5.32 Å². The number of carbonyl (C=O) groups excluding carboxylic acids is 1. The van der Waals surface area contributed by atoms with Crippen molar-refractivity contribution in [3.05, 3.63) is 75.0 Å². The zero-order valence-electron chi connectivity index (χ0n) is 13.9. The summed E-state index contributed by atoms with van der Waals surface area (Å²) in [5, 5.41) is 19.5. The molecule has 2 aromatic heterocycles. The van der Waals surface area contributed by atoms with Crippen LogP contribution in [0.1, 0.15) is 5.56 Å². The van der Waals surface area contributed by atoms with Gasteiger partial charge in [0.1, 0.15) is 0 Å². The number of thiazole rings is 1. The average molecular weight is 395 g/mol. The maximum Gasteiger partial charge on any atom is 0.280 e. The number of amides is 1. The van der Waals surface area contributed by atoms with Gasteiger partial charge in [-0.15, -0.1) is 22.7 Å². The molecule has 1 amide bonds. The lowest BCUT2D eigenvalue weighted by Gasteiger charge is -2.06. The first-order valence-corrected chi connectivity index (χ1v) is 9.81. The highest BCUT2D eigenvalue weighted by Crippen LogP contribution is 2.33. The van der Waals surface area contributed by atoms with E-state index in [1.807, 2.05) is 42.5 Å². The molecule has 6 nitrogen and oxygen atoms in total. The van der Waals surface area contributed by atoms with Gasteiger partial charge in [-0.05, 0) is 16.3 Å². The number of hydrogen-bond donors (Lipinski definition) is 1. The molecule has 0 fully saturated rings. The van der Waals surface area contributed by atoms with Gasteiger partial charge < -0.3 is 5.32 Å². The molecule has 4 aromatic rings. The number of benzene rings is 2. The zero-order valence-corrected chi connectivity index (χ0v) is 15.5. The lowest BCUT2D eigenvalue weighted by Crippen LogP contribution is -2.14. The summed E-state index contributed by atoms with van der Waals surface area (Å²) in [6, 6.07) is 15.3. The van der Waals surface area contributed by atoms with Crippen molar-refractivity contribution in [3.8, 4) is 10.6 Å².